The second kappa shape index (κ2) is 8.81. The van der Waals surface area contributed by atoms with Crippen molar-refractivity contribution in [3.8, 4) is 11.5 Å². The molecule has 1 atom stereocenters. The van der Waals surface area contributed by atoms with E-state index in [0.29, 0.717) is 5.75 Å². The third-order valence-corrected chi connectivity index (χ3v) is 3.55. The molecule has 0 bridgehead atoms. The van der Waals surface area contributed by atoms with Crippen LogP contribution in [0.25, 0.3) is 0 Å². The molecule has 108 valence electrons. The molecular formula is C16H27NO2. The first-order valence-corrected chi connectivity index (χ1v) is 7.27. The highest BCUT2D eigenvalue weighted by molar-refractivity contribution is 5.41. The Kier molecular flexibility index (Phi) is 7.34. The van der Waals surface area contributed by atoms with E-state index in [9.17, 15) is 5.11 Å². The third kappa shape index (κ3) is 5.52. The van der Waals surface area contributed by atoms with E-state index >= 15 is 0 Å². The topological polar surface area (TPSA) is 41.5 Å². The van der Waals surface area contributed by atoms with Gasteiger partial charge in [-0.2, -0.15) is 0 Å². The van der Waals surface area contributed by atoms with Crippen LogP contribution in [-0.2, 0) is 6.54 Å². The van der Waals surface area contributed by atoms with Crippen molar-refractivity contribution in [2.45, 2.75) is 46.1 Å². The van der Waals surface area contributed by atoms with E-state index in [1.165, 1.54) is 25.7 Å². The molecule has 2 N–H and O–H groups in total. The Labute approximate surface area is 117 Å². The van der Waals surface area contributed by atoms with E-state index in [1.54, 1.807) is 13.2 Å². The van der Waals surface area contributed by atoms with E-state index in [1.807, 2.05) is 12.1 Å². The number of phenols is 1. The van der Waals surface area contributed by atoms with E-state index in [-0.39, 0.29) is 5.75 Å². The molecule has 0 fully saturated rings. The van der Waals surface area contributed by atoms with Crippen LogP contribution in [-0.4, -0.2) is 18.8 Å². The number of nitrogens with one attached hydrogen (secondary N) is 1. The number of aromatic hydroxyl groups is 1. The van der Waals surface area contributed by atoms with E-state index < -0.39 is 0 Å². The number of hydrogen-bond donors (Lipinski definition) is 2. The molecule has 0 aliphatic carbocycles. The van der Waals surface area contributed by atoms with Crippen LogP contribution in [0.15, 0.2) is 18.2 Å². The zero-order chi connectivity index (χ0) is 14.1. The Bertz CT molecular complexity index is 366. The summed E-state index contributed by atoms with van der Waals surface area (Å²) >= 11 is 0. The molecule has 1 rings (SSSR count). The summed E-state index contributed by atoms with van der Waals surface area (Å²) in [6, 6.07) is 5.50. The van der Waals surface area contributed by atoms with Crippen molar-refractivity contribution in [2.75, 3.05) is 13.7 Å². The number of methoxy groups -OCH3 is 1. The summed E-state index contributed by atoms with van der Waals surface area (Å²) < 4.78 is 5.11. The van der Waals surface area contributed by atoms with Gasteiger partial charge in [0.2, 0.25) is 0 Å². The fraction of sp³-hybridized carbons (Fsp3) is 0.625. The fourth-order valence-corrected chi connectivity index (χ4v) is 2.20. The normalized spacial score (nSPS) is 12.4. The number of hydrogen-bond acceptors (Lipinski definition) is 3. The van der Waals surface area contributed by atoms with Crippen molar-refractivity contribution in [1.82, 2.24) is 5.32 Å². The fourth-order valence-electron chi connectivity index (χ4n) is 2.20. The number of unbranched alkanes of at least 4 members (excludes halogenated alkanes) is 1. The maximum absolute atomic E-state index is 9.54. The van der Waals surface area contributed by atoms with Crippen molar-refractivity contribution < 1.29 is 9.84 Å². The molecular weight excluding hydrogens is 238 g/mol. The predicted molar refractivity (Wildman–Crippen MR) is 79.7 cm³/mol. The zero-order valence-electron chi connectivity index (χ0n) is 12.4. The number of rotatable bonds is 9. The molecule has 0 aliphatic rings. The average molecular weight is 265 g/mol. The predicted octanol–water partition coefficient (Wildman–Crippen LogP) is 3.71. The monoisotopic (exact) mass is 265 g/mol. The molecule has 1 aromatic carbocycles. The Hall–Kier alpha value is -1.22. The van der Waals surface area contributed by atoms with E-state index in [0.717, 1.165) is 24.6 Å². The Morgan fingerprint density at radius 2 is 2.11 bits per heavy atom. The molecule has 0 radical (unpaired) electrons. The Morgan fingerprint density at radius 1 is 1.32 bits per heavy atom. The first-order valence-electron chi connectivity index (χ1n) is 7.27. The molecule has 3 nitrogen and oxygen atoms in total. The zero-order valence-corrected chi connectivity index (χ0v) is 12.4. The Balaban J connectivity index is 2.39. The molecule has 0 saturated carbocycles. The third-order valence-electron chi connectivity index (χ3n) is 3.55. The average Bonchev–Trinajstić information content (AvgIpc) is 2.44. The van der Waals surface area contributed by atoms with Crippen LogP contribution < -0.4 is 10.1 Å². The Morgan fingerprint density at radius 3 is 2.74 bits per heavy atom. The minimum absolute atomic E-state index is 0.195. The van der Waals surface area contributed by atoms with Gasteiger partial charge >= 0.3 is 0 Å². The number of benzene rings is 1. The first kappa shape index (κ1) is 15.8. The van der Waals surface area contributed by atoms with Gasteiger partial charge in [-0.15, -0.1) is 0 Å². The maximum Gasteiger partial charge on any atom is 0.160 e. The second-order valence-electron chi connectivity index (χ2n) is 5.05. The van der Waals surface area contributed by atoms with Crippen molar-refractivity contribution in [2.24, 2.45) is 5.92 Å². The lowest BCUT2D eigenvalue weighted by Gasteiger charge is -2.15. The van der Waals surface area contributed by atoms with Gasteiger partial charge in [0.25, 0.3) is 0 Å². The maximum atomic E-state index is 9.54. The summed E-state index contributed by atoms with van der Waals surface area (Å²) in [4.78, 5) is 0. The summed E-state index contributed by atoms with van der Waals surface area (Å²) in [6.07, 6.45) is 5.11. The van der Waals surface area contributed by atoms with Crippen LogP contribution >= 0.6 is 0 Å². The molecule has 1 unspecified atom stereocenters. The quantitative estimate of drug-likeness (QED) is 0.715. The molecule has 1 aromatic rings. The van der Waals surface area contributed by atoms with Gasteiger partial charge in [-0.25, -0.2) is 0 Å². The molecule has 0 saturated heterocycles. The SMILES string of the molecule is CCCCC(CC)CNCc1ccc(O)c(OC)c1. The van der Waals surface area contributed by atoms with Crippen LogP contribution in [0.4, 0.5) is 0 Å². The van der Waals surface area contributed by atoms with Crippen LogP contribution in [0.2, 0.25) is 0 Å². The van der Waals surface area contributed by atoms with Gasteiger partial charge in [-0.3, -0.25) is 0 Å². The van der Waals surface area contributed by atoms with E-state index in [2.05, 4.69) is 19.2 Å². The number of ether oxygens (including phenoxy) is 1. The smallest absolute Gasteiger partial charge is 0.160 e. The standard InChI is InChI=1S/C16H27NO2/c1-4-6-7-13(5-2)11-17-12-14-8-9-15(18)16(10-14)19-3/h8-10,13,17-18H,4-7,11-12H2,1-3H3. The number of phenolic OH excluding ortho intramolecular Hbond substituents is 1. The van der Waals surface area contributed by atoms with Crippen molar-refractivity contribution in [3.63, 3.8) is 0 Å². The molecule has 0 heterocycles. The second-order valence-corrected chi connectivity index (χ2v) is 5.05. The van der Waals surface area contributed by atoms with E-state index in [4.69, 9.17) is 4.74 Å². The van der Waals surface area contributed by atoms with Gasteiger partial charge in [-0.05, 0) is 36.6 Å². The van der Waals surface area contributed by atoms with Gasteiger partial charge in [0.15, 0.2) is 11.5 Å². The molecule has 0 spiro atoms. The molecule has 0 aliphatic heterocycles. The van der Waals surface area contributed by atoms with Gasteiger partial charge in [0, 0.05) is 6.54 Å². The van der Waals surface area contributed by atoms with Crippen LogP contribution in [0.1, 0.15) is 45.1 Å². The summed E-state index contributed by atoms with van der Waals surface area (Å²) in [5, 5.41) is 13.0. The van der Waals surface area contributed by atoms with Gasteiger partial charge < -0.3 is 15.2 Å². The summed E-state index contributed by atoms with van der Waals surface area (Å²) in [6.45, 7) is 6.37. The first-order chi connectivity index (χ1) is 9.21. The highest BCUT2D eigenvalue weighted by Gasteiger charge is 2.06. The van der Waals surface area contributed by atoms with Crippen molar-refractivity contribution in [3.05, 3.63) is 23.8 Å². The summed E-state index contributed by atoms with van der Waals surface area (Å²) in [5.41, 5.74) is 1.14. The molecule has 19 heavy (non-hydrogen) atoms. The lowest BCUT2D eigenvalue weighted by Crippen LogP contribution is -2.22. The van der Waals surface area contributed by atoms with Crippen LogP contribution in [0.5, 0.6) is 11.5 Å². The molecule has 3 heteroatoms. The minimum Gasteiger partial charge on any atom is -0.504 e. The summed E-state index contributed by atoms with van der Waals surface area (Å²) in [5.74, 6) is 1.50. The van der Waals surface area contributed by atoms with Crippen molar-refractivity contribution in [1.29, 1.82) is 0 Å². The minimum atomic E-state index is 0.195. The largest absolute Gasteiger partial charge is 0.504 e. The van der Waals surface area contributed by atoms with Crippen LogP contribution in [0, 0.1) is 5.92 Å². The van der Waals surface area contributed by atoms with Gasteiger partial charge in [-0.1, -0.05) is 39.2 Å². The van der Waals surface area contributed by atoms with Crippen LogP contribution in [0.3, 0.4) is 0 Å². The molecule has 0 aromatic heterocycles. The summed E-state index contributed by atoms with van der Waals surface area (Å²) in [7, 11) is 1.57. The molecule has 0 amide bonds. The lowest BCUT2D eigenvalue weighted by atomic mass is 9.99. The highest BCUT2D eigenvalue weighted by atomic mass is 16.5. The van der Waals surface area contributed by atoms with Gasteiger partial charge in [0.05, 0.1) is 7.11 Å². The highest BCUT2D eigenvalue weighted by Crippen LogP contribution is 2.26. The lowest BCUT2D eigenvalue weighted by molar-refractivity contribution is 0.372. The van der Waals surface area contributed by atoms with Gasteiger partial charge in [0.1, 0.15) is 0 Å². The van der Waals surface area contributed by atoms with Crippen molar-refractivity contribution >= 4 is 0 Å².